The zero-order chi connectivity index (χ0) is 18.8. The van der Waals surface area contributed by atoms with Gasteiger partial charge in [-0.25, -0.2) is 13.2 Å². The van der Waals surface area contributed by atoms with Gasteiger partial charge in [-0.3, -0.25) is 0 Å². The van der Waals surface area contributed by atoms with E-state index in [0.29, 0.717) is 16.9 Å². The minimum Gasteiger partial charge on any atom is -0.477 e. The van der Waals surface area contributed by atoms with Crippen LogP contribution in [0.2, 0.25) is 0 Å². The molecule has 0 aliphatic carbocycles. The highest BCUT2D eigenvalue weighted by molar-refractivity contribution is 9.11. The lowest BCUT2D eigenvalue weighted by Crippen LogP contribution is -2.38. The highest BCUT2D eigenvalue weighted by atomic mass is 79.9. The molecule has 0 bridgehead atoms. The highest BCUT2D eigenvalue weighted by Gasteiger charge is 2.38. The summed E-state index contributed by atoms with van der Waals surface area (Å²) in [6.07, 6.45) is -4.75. The molecule has 2 aromatic rings. The molecule has 0 aliphatic rings. The number of alkyl halides is 3. The Morgan fingerprint density at radius 2 is 1.84 bits per heavy atom. The summed E-state index contributed by atoms with van der Waals surface area (Å²) in [5.41, 5.74) is 0.375. The number of aromatic carboxylic acids is 1. The average molecular weight is 458 g/mol. The third-order valence-corrected chi connectivity index (χ3v) is 7.07. The van der Waals surface area contributed by atoms with Crippen molar-refractivity contribution in [3.8, 4) is 0 Å². The van der Waals surface area contributed by atoms with Crippen molar-refractivity contribution in [2.75, 3.05) is 6.54 Å². The van der Waals surface area contributed by atoms with Crippen molar-refractivity contribution < 1.29 is 31.5 Å². The number of carboxylic acids is 1. The van der Waals surface area contributed by atoms with E-state index in [1.54, 1.807) is 18.2 Å². The molecule has 5 nitrogen and oxygen atoms in total. The Labute approximate surface area is 153 Å². The monoisotopic (exact) mass is 457 g/mol. The molecule has 1 aromatic carbocycles. The van der Waals surface area contributed by atoms with Crippen LogP contribution in [0.15, 0.2) is 45.1 Å². The van der Waals surface area contributed by atoms with E-state index in [0.717, 1.165) is 6.07 Å². The first-order chi connectivity index (χ1) is 11.5. The van der Waals surface area contributed by atoms with Crippen molar-refractivity contribution in [1.82, 2.24) is 4.31 Å². The van der Waals surface area contributed by atoms with Crippen molar-refractivity contribution in [2.45, 2.75) is 17.6 Å². The Hall–Kier alpha value is -1.43. The van der Waals surface area contributed by atoms with Gasteiger partial charge in [-0.2, -0.15) is 17.5 Å². The number of hydrogen-bond acceptors (Lipinski definition) is 4. The average Bonchev–Trinajstić information content (AvgIpc) is 2.89. The summed E-state index contributed by atoms with van der Waals surface area (Å²) in [7, 11) is -4.56. The van der Waals surface area contributed by atoms with Crippen molar-refractivity contribution in [1.29, 1.82) is 0 Å². The predicted molar refractivity (Wildman–Crippen MR) is 89.1 cm³/mol. The molecule has 2 rings (SSSR count). The normalized spacial score (nSPS) is 12.5. The van der Waals surface area contributed by atoms with Crippen LogP contribution in [-0.2, 0) is 16.6 Å². The van der Waals surface area contributed by atoms with E-state index < -0.39 is 40.2 Å². The molecular weight excluding hydrogens is 447 g/mol. The Kier molecular flexibility index (Phi) is 5.92. The quantitative estimate of drug-likeness (QED) is 0.712. The molecule has 0 spiro atoms. The maximum atomic E-state index is 12.9. The molecule has 0 atom stereocenters. The van der Waals surface area contributed by atoms with Gasteiger partial charge in [0.1, 0.15) is 16.3 Å². The maximum absolute atomic E-state index is 12.9. The molecule has 0 fully saturated rings. The number of carboxylic acid groups (broad SMARTS) is 1. The van der Waals surface area contributed by atoms with Crippen LogP contribution in [0.25, 0.3) is 0 Å². The van der Waals surface area contributed by atoms with Gasteiger partial charge in [0.15, 0.2) is 0 Å². The Morgan fingerprint density at radius 1 is 1.24 bits per heavy atom. The van der Waals surface area contributed by atoms with Crippen LogP contribution in [0.1, 0.15) is 15.2 Å². The fourth-order valence-electron chi connectivity index (χ4n) is 1.99. The van der Waals surface area contributed by atoms with Gasteiger partial charge >= 0.3 is 12.1 Å². The first-order valence-corrected chi connectivity index (χ1v) is 9.69. The summed E-state index contributed by atoms with van der Waals surface area (Å²) in [6, 6.07) is 8.67. The first kappa shape index (κ1) is 19.9. The van der Waals surface area contributed by atoms with Gasteiger partial charge in [-0.15, -0.1) is 11.3 Å². The molecule has 11 heteroatoms. The fraction of sp³-hybridized carbons (Fsp3) is 0.214. The smallest absolute Gasteiger partial charge is 0.402 e. The molecule has 0 radical (unpaired) electrons. The SMILES string of the molecule is O=C(O)c1cc(S(=O)(=O)N(Cc2ccccc2)CC(F)(F)F)c(Br)s1. The largest absolute Gasteiger partial charge is 0.477 e. The van der Waals surface area contributed by atoms with E-state index in [4.69, 9.17) is 5.11 Å². The minimum absolute atomic E-state index is 0.0647. The number of benzene rings is 1. The maximum Gasteiger partial charge on any atom is 0.402 e. The zero-order valence-corrected chi connectivity index (χ0v) is 15.5. The third kappa shape index (κ3) is 5.03. The molecule has 0 unspecified atom stereocenters. The van der Waals surface area contributed by atoms with Crippen LogP contribution in [0.5, 0.6) is 0 Å². The summed E-state index contributed by atoms with van der Waals surface area (Å²) >= 11 is 3.54. The van der Waals surface area contributed by atoms with Crippen LogP contribution >= 0.6 is 27.3 Å². The topological polar surface area (TPSA) is 74.7 Å². The Morgan fingerprint density at radius 3 is 2.32 bits per heavy atom. The van der Waals surface area contributed by atoms with Crippen molar-refractivity contribution in [3.63, 3.8) is 0 Å². The van der Waals surface area contributed by atoms with Gasteiger partial charge in [0.05, 0.1) is 3.79 Å². The van der Waals surface area contributed by atoms with Crippen molar-refractivity contribution >= 4 is 43.3 Å². The number of hydrogen-bond donors (Lipinski definition) is 1. The van der Waals surface area contributed by atoms with Gasteiger partial charge in [0, 0.05) is 6.54 Å². The molecule has 25 heavy (non-hydrogen) atoms. The minimum atomic E-state index is -4.75. The number of halogens is 4. The van der Waals surface area contributed by atoms with E-state index in [9.17, 15) is 26.4 Å². The van der Waals surface area contributed by atoms with E-state index >= 15 is 0 Å². The summed E-state index contributed by atoms with van der Waals surface area (Å²) < 4.78 is 64.2. The molecule has 0 saturated carbocycles. The number of rotatable bonds is 6. The molecular formula is C14H11BrF3NO4S2. The summed E-state index contributed by atoms with van der Waals surface area (Å²) in [6.45, 7) is -2.18. The van der Waals surface area contributed by atoms with Gasteiger partial charge in [0.25, 0.3) is 0 Å². The predicted octanol–water partition coefficient (Wildman–Crippen LogP) is 3.96. The number of carbonyl (C=O) groups is 1. The van der Waals surface area contributed by atoms with Crippen molar-refractivity contribution in [3.05, 3.63) is 50.6 Å². The molecule has 1 heterocycles. The summed E-state index contributed by atoms with van der Waals surface area (Å²) in [5.74, 6) is -1.36. The van der Waals surface area contributed by atoms with E-state index in [1.165, 1.54) is 12.1 Å². The third-order valence-electron chi connectivity index (χ3n) is 3.04. The van der Waals surface area contributed by atoms with Gasteiger partial charge in [0.2, 0.25) is 10.0 Å². The molecule has 0 amide bonds. The van der Waals surface area contributed by atoms with Crippen LogP contribution in [0.4, 0.5) is 13.2 Å². The molecule has 136 valence electrons. The van der Waals surface area contributed by atoms with Gasteiger partial charge < -0.3 is 5.11 Å². The Bertz CT molecular complexity index is 866. The second-order valence-electron chi connectivity index (χ2n) is 4.93. The standard InChI is InChI=1S/C14H11BrF3NO4S2/c15-12-11(6-10(24-12)13(20)21)25(22,23)19(8-14(16,17)18)7-9-4-2-1-3-5-9/h1-6H,7-8H2,(H,20,21). The summed E-state index contributed by atoms with van der Waals surface area (Å²) in [5, 5.41) is 8.95. The van der Waals surface area contributed by atoms with Gasteiger partial charge in [-0.05, 0) is 27.6 Å². The molecule has 1 N–H and O–H groups in total. The van der Waals surface area contributed by atoms with Crippen LogP contribution in [0.3, 0.4) is 0 Å². The Balaban J connectivity index is 2.46. The number of thiophene rings is 1. The lowest BCUT2D eigenvalue weighted by Gasteiger charge is -2.23. The summed E-state index contributed by atoms with van der Waals surface area (Å²) in [4.78, 5) is 10.2. The van der Waals surface area contributed by atoms with Crippen molar-refractivity contribution in [2.24, 2.45) is 0 Å². The zero-order valence-electron chi connectivity index (χ0n) is 12.3. The molecule has 1 aromatic heterocycles. The number of sulfonamides is 1. The lowest BCUT2D eigenvalue weighted by molar-refractivity contribution is -0.136. The van der Waals surface area contributed by atoms with E-state index in [2.05, 4.69) is 15.9 Å². The highest BCUT2D eigenvalue weighted by Crippen LogP contribution is 2.35. The lowest BCUT2D eigenvalue weighted by atomic mass is 10.2. The second kappa shape index (κ2) is 7.44. The first-order valence-electron chi connectivity index (χ1n) is 6.64. The van der Waals surface area contributed by atoms with E-state index in [1.807, 2.05) is 0 Å². The van der Waals surface area contributed by atoms with Gasteiger partial charge in [-0.1, -0.05) is 30.3 Å². The van der Waals surface area contributed by atoms with Crippen LogP contribution in [-0.4, -0.2) is 36.5 Å². The molecule has 0 aliphatic heterocycles. The number of nitrogens with zero attached hydrogens (tertiary/aromatic N) is 1. The van der Waals surface area contributed by atoms with Crippen LogP contribution in [0, 0.1) is 0 Å². The molecule has 0 saturated heterocycles. The van der Waals surface area contributed by atoms with E-state index in [-0.39, 0.29) is 13.0 Å². The van der Waals surface area contributed by atoms with Crippen LogP contribution < -0.4 is 0 Å². The fourth-order valence-corrected chi connectivity index (χ4v) is 5.75. The second-order valence-corrected chi connectivity index (χ2v) is 9.20.